The summed E-state index contributed by atoms with van der Waals surface area (Å²) in [6.45, 7) is 4.11. The molecule has 1 aliphatic heterocycles. The van der Waals surface area contributed by atoms with Crippen LogP contribution < -0.4 is 0 Å². The summed E-state index contributed by atoms with van der Waals surface area (Å²) in [5.74, 6) is -3.24. The molecule has 0 aliphatic carbocycles. The van der Waals surface area contributed by atoms with E-state index in [-0.39, 0.29) is 5.91 Å². The number of pyridine rings is 1. The van der Waals surface area contributed by atoms with Crippen LogP contribution in [0.15, 0.2) is 47.3 Å². The van der Waals surface area contributed by atoms with Crippen LogP contribution in [0.3, 0.4) is 0 Å². The van der Waals surface area contributed by atoms with E-state index in [1.807, 2.05) is 17.2 Å². The van der Waals surface area contributed by atoms with Crippen molar-refractivity contribution in [1.29, 1.82) is 0 Å². The second kappa shape index (κ2) is 9.33. The summed E-state index contributed by atoms with van der Waals surface area (Å²) in [5, 5.41) is 14.8. The first-order valence-electron chi connectivity index (χ1n) is 7.87. The van der Waals surface area contributed by atoms with Gasteiger partial charge in [0.05, 0.1) is 6.26 Å². The summed E-state index contributed by atoms with van der Waals surface area (Å²) >= 11 is 0. The lowest BCUT2D eigenvalue weighted by Gasteiger charge is -2.34. The van der Waals surface area contributed by atoms with Gasteiger partial charge in [0.1, 0.15) is 0 Å². The minimum Gasteiger partial charge on any atom is -0.473 e. The lowest BCUT2D eigenvalue weighted by atomic mass is 10.2. The van der Waals surface area contributed by atoms with Crippen molar-refractivity contribution in [3.05, 3.63) is 54.2 Å². The van der Waals surface area contributed by atoms with Crippen molar-refractivity contribution in [1.82, 2.24) is 14.8 Å². The molecule has 0 bridgehead atoms. The molecule has 0 radical (unpaired) electrons. The molecule has 1 fully saturated rings. The molecular weight excluding hydrogens is 342 g/mol. The lowest BCUT2D eigenvalue weighted by molar-refractivity contribution is -0.159. The molecule has 1 aliphatic rings. The fourth-order valence-electron chi connectivity index (χ4n) is 2.42. The highest BCUT2D eigenvalue weighted by Gasteiger charge is 2.23. The zero-order valence-electron chi connectivity index (χ0n) is 13.9. The molecule has 0 atom stereocenters. The maximum Gasteiger partial charge on any atom is 0.414 e. The number of aliphatic carboxylic acids is 2. The van der Waals surface area contributed by atoms with Crippen LogP contribution in [0, 0.1) is 0 Å². The van der Waals surface area contributed by atoms with E-state index >= 15 is 0 Å². The number of hydrogen-bond acceptors (Lipinski definition) is 6. The molecule has 2 aromatic rings. The second-order valence-corrected chi connectivity index (χ2v) is 5.52. The number of carboxylic acid groups (broad SMARTS) is 2. The van der Waals surface area contributed by atoms with E-state index in [1.165, 1.54) is 11.8 Å². The molecular formula is C17H19N3O6. The number of rotatable bonds is 3. The fourth-order valence-corrected chi connectivity index (χ4v) is 2.42. The largest absolute Gasteiger partial charge is 0.473 e. The van der Waals surface area contributed by atoms with Crippen LogP contribution in [0.1, 0.15) is 16.1 Å². The van der Waals surface area contributed by atoms with Gasteiger partial charge in [-0.05, 0) is 23.8 Å². The van der Waals surface area contributed by atoms with Crippen LogP contribution >= 0.6 is 0 Å². The average Bonchev–Trinajstić information content (AvgIpc) is 3.18. The van der Waals surface area contributed by atoms with Crippen molar-refractivity contribution in [2.24, 2.45) is 0 Å². The predicted octanol–water partition coefficient (Wildman–Crippen LogP) is 0.788. The zero-order valence-corrected chi connectivity index (χ0v) is 13.9. The molecule has 0 spiro atoms. The molecule has 0 aromatic carbocycles. The Kier molecular flexibility index (Phi) is 6.86. The van der Waals surface area contributed by atoms with Crippen LogP contribution in [0.4, 0.5) is 0 Å². The van der Waals surface area contributed by atoms with Gasteiger partial charge in [0.15, 0.2) is 5.76 Å². The van der Waals surface area contributed by atoms with E-state index in [2.05, 4.69) is 16.0 Å². The van der Waals surface area contributed by atoms with Gasteiger partial charge in [-0.2, -0.15) is 0 Å². The van der Waals surface area contributed by atoms with Gasteiger partial charge in [0.25, 0.3) is 5.91 Å². The van der Waals surface area contributed by atoms with Crippen molar-refractivity contribution in [3.8, 4) is 0 Å². The Morgan fingerprint density at radius 3 is 2.23 bits per heavy atom. The number of carbonyl (C=O) groups excluding carboxylic acids is 1. The Hall–Kier alpha value is -3.20. The molecule has 9 nitrogen and oxygen atoms in total. The summed E-state index contributed by atoms with van der Waals surface area (Å²) in [4.78, 5) is 38.6. The van der Waals surface area contributed by atoms with Gasteiger partial charge < -0.3 is 19.5 Å². The first kappa shape index (κ1) is 19.1. The number of amides is 1. The highest BCUT2D eigenvalue weighted by Crippen LogP contribution is 2.11. The van der Waals surface area contributed by atoms with Crippen LogP contribution in [0.25, 0.3) is 0 Å². The van der Waals surface area contributed by atoms with Gasteiger partial charge in [-0.25, -0.2) is 9.59 Å². The highest BCUT2D eigenvalue weighted by molar-refractivity contribution is 6.27. The van der Waals surface area contributed by atoms with Crippen molar-refractivity contribution < 1.29 is 29.0 Å². The van der Waals surface area contributed by atoms with Gasteiger partial charge >= 0.3 is 11.9 Å². The van der Waals surface area contributed by atoms with Crippen LogP contribution in [0.5, 0.6) is 0 Å². The Balaban J connectivity index is 0.000000352. The quantitative estimate of drug-likeness (QED) is 0.769. The first-order chi connectivity index (χ1) is 12.5. The smallest absolute Gasteiger partial charge is 0.414 e. The standard InChI is InChI=1S/C15H17N3O2.C2H2O4/c19-15(14-4-2-10-20-14)18-8-6-17(7-9-18)12-13-3-1-5-16-11-13;3-1(4)2(5)6/h1-5,10-11H,6-9,12H2;(H,3,4)(H,5,6). The van der Waals surface area contributed by atoms with Crippen molar-refractivity contribution in [2.45, 2.75) is 6.54 Å². The summed E-state index contributed by atoms with van der Waals surface area (Å²) in [7, 11) is 0. The van der Waals surface area contributed by atoms with E-state index in [4.69, 9.17) is 24.2 Å². The van der Waals surface area contributed by atoms with Gasteiger partial charge in [-0.3, -0.25) is 14.7 Å². The van der Waals surface area contributed by atoms with E-state index in [0.29, 0.717) is 5.76 Å². The van der Waals surface area contributed by atoms with E-state index in [1.54, 1.807) is 18.3 Å². The summed E-state index contributed by atoms with van der Waals surface area (Å²) in [6.07, 6.45) is 5.20. The Morgan fingerprint density at radius 2 is 1.73 bits per heavy atom. The van der Waals surface area contributed by atoms with Crippen LogP contribution in [-0.4, -0.2) is 69.0 Å². The number of hydrogen-bond donors (Lipinski definition) is 2. The van der Waals surface area contributed by atoms with Gasteiger partial charge in [0, 0.05) is 45.1 Å². The molecule has 26 heavy (non-hydrogen) atoms. The van der Waals surface area contributed by atoms with Crippen molar-refractivity contribution in [2.75, 3.05) is 26.2 Å². The number of carboxylic acids is 2. The molecule has 1 amide bonds. The SMILES string of the molecule is O=C(O)C(=O)O.O=C(c1ccco1)N1CCN(Cc2cccnc2)CC1. The third kappa shape index (κ3) is 5.71. The maximum atomic E-state index is 12.1. The Bertz CT molecular complexity index is 712. The number of furan rings is 1. The average molecular weight is 361 g/mol. The van der Waals surface area contributed by atoms with Gasteiger partial charge in [-0.15, -0.1) is 0 Å². The normalized spacial score (nSPS) is 14.2. The summed E-state index contributed by atoms with van der Waals surface area (Å²) in [5.41, 5.74) is 1.21. The number of carbonyl (C=O) groups is 3. The Labute approximate surface area is 149 Å². The molecule has 2 aromatic heterocycles. The lowest BCUT2D eigenvalue weighted by Crippen LogP contribution is -2.48. The zero-order chi connectivity index (χ0) is 18.9. The molecule has 3 heterocycles. The third-order valence-electron chi connectivity index (χ3n) is 3.70. The van der Waals surface area contributed by atoms with Crippen molar-refractivity contribution in [3.63, 3.8) is 0 Å². The molecule has 0 unspecified atom stereocenters. The summed E-state index contributed by atoms with van der Waals surface area (Å²) < 4.78 is 5.16. The molecule has 138 valence electrons. The van der Waals surface area contributed by atoms with E-state index in [0.717, 1.165) is 32.7 Å². The minimum absolute atomic E-state index is 0.0176. The molecule has 9 heteroatoms. The first-order valence-corrected chi connectivity index (χ1v) is 7.87. The van der Waals surface area contributed by atoms with E-state index < -0.39 is 11.9 Å². The highest BCUT2D eigenvalue weighted by atomic mass is 16.4. The molecule has 1 saturated heterocycles. The molecule has 3 rings (SSSR count). The number of aromatic nitrogens is 1. The van der Waals surface area contributed by atoms with Crippen molar-refractivity contribution >= 4 is 17.8 Å². The van der Waals surface area contributed by atoms with Gasteiger partial charge in [-0.1, -0.05) is 6.07 Å². The maximum absolute atomic E-state index is 12.1. The topological polar surface area (TPSA) is 124 Å². The Morgan fingerprint density at radius 1 is 1.04 bits per heavy atom. The van der Waals surface area contributed by atoms with Gasteiger partial charge in [0.2, 0.25) is 0 Å². The summed E-state index contributed by atoms with van der Waals surface area (Å²) in [6, 6.07) is 7.48. The number of piperazine rings is 1. The number of nitrogens with zero attached hydrogens (tertiary/aromatic N) is 3. The van der Waals surface area contributed by atoms with Crippen LogP contribution in [-0.2, 0) is 16.1 Å². The third-order valence-corrected chi connectivity index (χ3v) is 3.70. The molecule has 0 saturated carbocycles. The minimum atomic E-state index is -1.82. The fraction of sp³-hybridized carbons (Fsp3) is 0.294. The predicted molar refractivity (Wildman–Crippen MR) is 89.4 cm³/mol. The van der Waals surface area contributed by atoms with Crippen LogP contribution in [0.2, 0.25) is 0 Å². The monoisotopic (exact) mass is 361 g/mol. The molecule has 2 N–H and O–H groups in total. The van der Waals surface area contributed by atoms with E-state index in [9.17, 15) is 4.79 Å². The second-order valence-electron chi connectivity index (χ2n) is 5.52.